The van der Waals surface area contributed by atoms with E-state index in [2.05, 4.69) is 0 Å². The van der Waals surface area contributed by atoms with E-state index in [4.69, 9.17) is 14.2 Å². The monoisotopic (exact) mass is 429 g/mol. The van der Waals surface area contributed by atoms with Crippen molar-refractivity contribution >= 4 is 6.09 Å². The minimum Gasteiger partial charge on any atom is -0.504 e. The van der Waals surface area contributed by atoms with Crippen molar-refractivity contribution in [2.45, 2.75) is 31.6 Å². The first kappa shape index (κ1) is 19.0. The Morgan fingerprint density at radius 3 is 2.78 bits per heavy atom. The lowest BCUT2D eigenvalue weighted by Gasteiger charge is -2.46. The van der Waals surface area contributed by atoms with Gasteiger partial charge in [-0.25, -0.2) is 4.79 Å². The summed E-state index contributed by atoms with van der Waals surface area (Å²) in [7, 11) is 1.56. The van der Waals surface area contributed by atoms with Crippen molar-refractivity contribution in [2.75, 3.05) is 13.7 Å². The molecule has 2 aliphatic heterocycles. The maximum atomic E-state index is 12.8. The summed E-state index contributed by atoms with van der Waals surface area (Å²) in [4.78, 5) is 14.6. The van der Waals surface area contributed by atoms with Gasteiger partial charge in [0.05, 0.1) is 7.11 Å². The summed E-state index contributed by atoms with van der Waals surface area (Å²) >= 11 is 0. The second-order valence-electron chi connectivity index (χ2n) is 8.67. The molecule has 2 atom stereocenters. The number of phenolic OH excluding ortho intramolecular Hbond substituents is 1. The van der Waals surface area contributed by atoms with Gasteiger partial charge in [-0.2, -0.15) is 0 Å². The van der Waals surface area contributed by atoms with Crippen molar-refractivity contribution in [3.8, 4) is 28.4 Å². The number of aromatic hydroxyl groups is 1. The van der Waals surface area contributed by atoms with Gasteiger partial charge in [-0.05, 0) is 53.8 Å². The van der Waals surface area contributed by atoms with Crippen LogP contribution in [0.25, 0.3) is 11.1 Å². The van der Waals surface area contributed by atoms with Crippen LogP contribution in [0.3, 0.4) is 0 Å². The van der Waals surface area contributed by atoms with Gasteiger partial charge in [-0.1, -0.05) is 36.4 Å². The normalized spacial score (nSPS) is 22.1. The smallest absolute Gasteiger partial charge is 0.411 e. The van der Waals surface area contributed by atoms with E-state index < -0.39 is 11.6 Å². The molecular weight excluding hydrogens is 406 g/mol. The quantitative estimate of drug-likeness (QED) is 0.637. The number of carbonyl (C=O) groups excluding carboxylic acids is 1. The Kier molecular flexibility index (Phi) is 3.97. The maximum Gasteiger partial charge on any atom is 0.411 e. The molecule has 1 saturated heterocycles. The van der Waals surface area contributed by atoms with Crippen LogP contribution < -0.4 is 9.47 Å². The van der Waals surface area contributed by atoms with E-state index in [0.29, 0.717) is 36.6 Å². The first-order valence-electron chi connectivity index (χ1n) is 10.7. The van der Waals surface area contributed by atoms with E-state index in [9.17, 15) is 9.90 Å². The number of hydrogen-bond acceptors (Lipinski definition) is 5. The number of carbonyl (C=O) groups is 1. The van der Waals surface area contributed by atoms with Gasteiger partial charge >= 0.3 is 6.09 Å². The van der Waals surface area contributed by atoms with Crippen LogP contribution in [0.1, 0.15) is 35.3 Å². The van der Waals surface area contributed by atoms with Gasteiger partial charge in [0.25, 0.3) is 0 Å². The molecule has 32 heavy (non-hydrogen) atoms. The molecule has 0 bridgehead atoms. The molecule has 3 aromatic rings. The largest absolute Gasteiger partial charge is 0.504 e. The Morgan fingerprint density at radius 1 is 1.19 bits per heavy atom. The Labute approximate surface area is 186 Å². The second-order valence-corrected chi connectivity index (χ2v) is 8.67. The molecule has 0 aromatic heterocycles. The number of rotatable bonds is 4. The summed E-state index contributed by atoms with van der Waals surface area (Å²) in [5.41, 5.74) is 4.78. The molecule has 6 heteroatoms. The van der Waals surface area contributed by atoms with E-state index in [1.54, 1.807) is 12.0 Å². The summed E-state index contributed by atoms with van der Waals surface area (Å²) in [5, 5.41) is 11.1. The zero-order valence-electron chi connectivity index (χ0n) is 17.9. The van der Waals surface area contributed by atoms with Crippen LogP contribution in [0.4, 0.5) is 4.79 Å². The molecule has 1 fully saturated rings. The second kappa shape index (κ2) is 6.66. The van der Waals surface area contributed by atoms with Crippen molar-refractivity contribution in [2.24, 2.45) is 0 Å². The zero-order valence-corrected chi connectivity index (χ0v) is 17.9. The van der Waals surface area contributed by atoms with Gasteiger partial charge in [0, 0.05) is 17.7 Å². The number of fused-ring (bicyclic) bond motifs is 3. The van der Waals surface area contributed by atoms with E-state index in [1.807, 2.05) is 61.5 Å². The van der Waals surface area contributed by atoms with Crippen molar-refractivity contribution in [3.05, 3.63) is 76.9 Å². The Balaban J connectivity index is 1.52. The fraction of sp³-hybridized carbons (Fsp3) is 0.269. The van der Waals surface area contributed by atoms with Crippen molar-refractivity contribution in [1.82, 2.24) is 4.90 Å². The first-order valence-corrected chi connectivity index (χ1v) is 10.7. The van der Waals surface area contributed by atoms with E-state index in [-0.39, 0.29) is 11.8 Å². The lowest BCUT2D eigenvalue weighted by atomic mass is 9.68. The number of phenols is 1. The molecule has 1 amide bonds. The molecule has 6 rings (SSSR count). The zero-order chi connectivity index (χ0) is 22.0. The highest BCUT2D eigenvalue weighted by Gasteiger charge is 2.60. The van der Waals surface area contributed by atoms with Crippen LogP contribution in [-0.2, 0) is 23.3 Å². The summed E-state index contributed by atoms with van der Waals surface area (Å²) in [5.74, 6) is 1.22. The lowest BCUT2D eigenvalue weighted by Crippen LogP contribution is -2.49. The average Bonchev–Trinajstić information content (AvgIpc) is 3.08. The molecule has 3 aliphatic rings. The molecule has 6 nitrogen and oxygen atoms in total. The maximum absolute atomic E-state index is 12.8. The molecule has 0 radical (unpaired) electrons. The average molecular weight is 429 g/mol. The number of benzene rings is 3. The Hall–Kier alpha value is -3.67. The first-order chi connectivity index (χ1) is 15.5. The molecule has 0 unspecified atom stereocenters. The van der Waals surface area contributed by atoms with Crippen LogP contribution in [0.15, 0.2) is 54.6 Å². The highest BCUT2D eigenvalue weighted by molar-refractivity contribution is 5.88. The van der Waals surface area contributed by atoms with E-state index in [1.165, 1.54) is 0 Å². The lowest BCUT2D eigenvalue weighted by molar-refractivity contribution is 0.0982. The minimum absolute atomic E-state index is 0.0892. The minimum atomic E-state index is -0.700. The summed E-state index contributed by atoms with van der Waals surface area (Å²) < 4.78 is 17.5. The van der Waals surface area contributed by atoms with Crippen molar-refractivity contribution in [1.29, 1.82) is 0 Å². The van der Waals surface area contributed by atoms with Gasteiger partial charge in [-0.3, -0.25) is 4.90 Å². The molecule has 0 spiro atoms. The Morgan fingerprint density at radius 2 is 2.00 bits per heavy atom. The fourth-order valence-electron chi connectivity index (χ4n) is 5.51. The third-order valence-corrected chi connectivity index (χ3v) is 7.01. The highest BCUT2D eigenvalue weighted by atomic mass is 16.6. The summed E-state index contributed by atoms with van der Waals surface area (Å²) in [6, 6.07) is 17.6. The van der Waals surface area contributed by atoms with E-state index >= 15 is 0 Å². The predicted molar refractivity (Wildman–Crippen MR) is 118 cm³/mol. The molecule has 0 saturated carbocycles. The van der Waals surface area contributed by atoms with Gasteiger partial charge in [0.1, 0.15) is 17.9 Å². The molecule has 3 aromatic carbocycles. The van der Waals surface area contributed by atoms with Crippen LogP contribution in [0.5, 0.6) is 17.2 Å². The number of hydrogen-bond donors (Lipinski definition) is 1. The van der Waals surface area contributed by atoms with Crippen LogP contribution >= 0.6 is 0 Å². The van der Waals surface area contributed by atoms with Crippen molar-refractivity contribution in [3.63, 3.8) is 0 Å². The number of ether oxygens (including phenoxy) is 3. The number of amides is 1. The third kappa shape index (κ3) is 2.43. The molecular formula is C26H23NO5. The molecule has 2 heterocycles. The van der Waals surface area contributed by atoms with Gasteiger partial charge in [-0.15, -0.1) is 0 Å². The van der Waals surface area contributed by atoms with Gasteiger partial charge < -0.3 is 19.3 Å². The standard InChI is InChI=1S/C26H23NO5/c1-26-22-16-10-11-27(26)25(29)32-24(26)19-13-17(31-14-15-6-4-3-5-7-15)8-9-18(19)21(22)23(28)20(12-16)30-2/h3-9,12-13,24,28H,10-11,14H2,1-2H3/t24-,26-/m0/s1. The van der Waals surface area contributed by atoms with Crippen molar-refractivity contribution < 1.29 is 24.1 Å². The molecule has 162 valence electrons. The number of methoxy groups -OCH3 is 1. The molecule has 1 N–H and O–H groups in total. The highest BCUT2D eigenvalue weighted by Crippen LogP contribution is 2.62. The summed E-state index contributed by atoms with van der Waals surface area (Å²) in [6.45, 7) is 3.02. The topological polar surface area (TPSA) is 68.2 Å². The molecule has 1 aliphatic carbocycles. The van der Waals surface area contributed by atoms with Crippen LogP contribution in [-0.4, -0.2) is 29.8 Å². The predicted octanol–water partition coefficient (Wildman–Crippen LogP) is 4.93. The number of nitrogens with zero attached hydrogens (tertiary/aromatic N) is 1. The summed E-state index contributed by atoms with van der Waals surface area (Å²) in [6.07, 6.45) is -0.123. The van der Waals surface area contributed by atoms with Gasteiger partial charge in [0.2, 0.25) is 0 Å². The fourth-order valence-corrected chi connectivity index (χ4v) is 5.51. The third-order valence-electron chi connectivity index (χ3n) is 7.01. The SMILES string of the molecule is COc1cc2c3c(c1O)-c1ccc(OCc4ccccc4)cc1[C@@H]1OC(=O)N(CC2)[C@@]31C. The Bertz CT molecular complexity index is 1250. The van der Waals surface area contributed by atoms with E-state index in [0.717, 1.165) is 27.8 Å². The van der Waals surface area contributed by atoms with Gasteiger partial charge in [0.15, 0.2) is 17.6 Å². The van der Waals surface area contributed by atoms with Crippen LogP contribution in [0, 0.1) is 0 Å². The van der Waals surface area contributed by atoms with Crippen LogP contribution in [0.2, 0.25) is 0 Å².